The lowest BCUT2D eigenvalue weighted by molar-refractivity contribution is 0.581. The van der Waals surface area contributed by atoms with Crippen molar-refractivity contribution in [3.05, 3.63) is 59.3 Å². The summed E-state index contributed by atoms with van der Waals surface area (Å²) in [7, 11) is -3.42. The molecule has 0 saturated heterocycles. The zero-order valence-corrected chi connectivity index (χ0v) is 15.8. The van der Waals surface area contributed by atoms with Crippen molar-refractivity contribution < 1.29 is 8.42 Å². The Kier molecular flexibility index (Phi) is 4.56. The summed E-state index contributed by atoms with van der Waals surface area (Å²) < 4.78 is 27.2. The highest BCUT2D eigenvalue weighted by molar-refractivity contribution is 7.89. The number of benzene rings is 1. The SMILES string of the molecule is Cc1nc(Cc2cnccn2)sc1-c1ccc(S(=O)(=O)NC2CC2)cc1. The van der Waals surface area contributed by atoms with Crippen LogP contribution in [0.15, 0.2) is 47.8 Å². The molecule has 1 saturated carbocycles. The molecule has 0 amide bonds. The van der Waals surface area contributed by atoms with Crippen molar-refractivity contribution in [2.75, 3.05) is 0 Å². The summed E-state index contributed by atoms with van der Waals surface area (Å²) in [6, 6.07) is 7.10. The van der Waals surface area contributed by atoms with Gasteiger partial charge in [0.1, 0.15) is 0 Å². The van der Waals surface area contributed by atoms with E-state index in [1.165, 1.54) is 0 Å². The summed E-state index contributed by atoms with van der Waals surface area (Å²) in [5, 5.41) is 0.963. The van der Waals surface area contributed by atoms with Crippen molar-refractivity contribution in [3.63, 3.8) is 0 Å². The normalized spacial score (nSPS) is 14.5. The lowest BCUT2D eigenvalue weighted by atomic mass is 10.2. The van der Waals surface area contributed by atoms with Gasteiger partial charge in [0.25, 0.3) is 0 Å². The summed E-state index contributed by atoms with van der Waals surface area (Å²) in [5.41, 5.74) is 2.77. The van der Waals surface area contributed by atoms with E-state index in [1.54, 1.807) is 42.1 Å². The Morgan fingerprint density at radius 2 is 1.96 bits per heavy atom. The second kappa shape index (κ2) is 6.86. The maximum Gasteiger partial charge on any atom is 0.240 e. The minimum Gasteiger partial charge on any atom is -0.261 e. The number of aromatic nitrogens is 3. The first-order valence-corrected chi connectivity index (χ1v) is 10.7. The number of nitrogens with one attached hydrogen (secondary N) is 1. The van der Waals surface area contributed by atoms with Gasteiger partial charge in [0.2, 0.25) is 10.0 Å². The summed E-state index contributed by atoms with van der Waals surface area (Å²) in [5.74, 6) is 0. The van der Waals surface area contributed by atoms with E-state index in [9.17, 15) is 8.42 Å². The molecule has 2 heterocycles. The first-order valence-electron chi connectivity index (χ1n) is 8.35. The molecule has 0 aliphatic heterocycles. The van der Waals surface area contributed by atoms with Crippen molar-refractivity contribution in [2.24, 2.45) is 0 Å². The van der Waals surface area contributed by atoms with E-state index >= 15 is 0 Å². The lowest BCUT2D eigenvalue weighted by Crippen LogP contribution is -2.25. The molecule has 0 spiro atoms. The van der Waals surface area contributed by atoms with Crippen molar-refractivity contribution in [1.29, 1.82) is 0 Å². The molecule has 134 valence electrons. The van der Waals surface area contributed by atoms with Gasteiger partial charge < -0.3 is 0 Å². The van der Waals surface area contributed by atoms with Crippen LogP contribution in [-0.2, 0) is 16.4 Å². The molecule has 0 unspecified atom stereocenters. The summed E-state index contributed by atoms with van der Waals surface area (Å²) >= 11 is 1.60. The van der Waals surface area contributed by atoms with E-state index < -0.39 is 10.0 Å². The Balaban J connectivity index is 1.56. The molecule has 0 atom stereocenters. The van der Waals surface area contributed by atoms with E-state index in [4.69, 9.17) is 0 Å². The van der Waals surface area contributed by atoms with Crippen LogP contribution < -0.4 is 4.72 Å². The molecule has 0 radical (unpaired) electrons. The standard InChI is InChI=1S/C18H18N4O2S2/c1-12-18(25-17(21-12)10-15-11-19-8-9-20-15)13-2-6-16(7-3-13)26(23,24)22-14-4-5-14/h2-3,6-9,11,14,22H,4-5,10H2,1H3. The molecule has 26 heavy (non-hydrogen) atoms. The first-order chi connectivity index (χ1) is 12.5. The third-order valence-corrected chi connectivity index (χ3v) is 6.86. The van der Waals surface area contributed by atoms with Gasteiger partial charge >= 0.3 is 0 Å². The molecular formula is C18H18N4O2S2. The molecule has 1 N–H and O–H groups in total. The van der Waals surface area contributed by atoms with Crippen LogP contribution >= 0.6 is 11.3 Å². The number of sulfonamides is 1. The second-order valence-electron chi connectivity index (χ2n) is 6.32. The van der Waals surface area contributed by atoms with Gasteiger partial charge in [-0.2, -0.15) is 0 Å². The number of thiazole rings is 1. The quantitative estimate of drug-likeness (QED) is 0.704. The Bertz CT molecular complexity index is 1010. The first kappa shape index (κ1) is 17.3. The minimum atomic E-state index is -3.42. The van der Waals surface area contributed by atoms with Crippen LogP contribution in [0.1, 0.15) is 29.2 Å². The van der Waals surface area contributed by atoms with Crippen molar-refractivity contribution in [2.45, 2.75) is 37.1 Å². The second-order valence-corrected chi connectivity index (χ2v) is 9.11. The van der Waals surface area contributed by atoms with E-state index in [-0.39, 0.29) is 6.04 Å². The molecule has 0 bridgehead atoms. The van der Waals surface area contributed by atoms with Crippen LogP contribution in [0.25, 0.3) is 10.4 Å². The van der Waals surface area contributed by atoms with E-state index in [1.807, 2.05) is 19.1 Å². The molecule has 1 aliphatic rings. The molecule has 1 aliphatic carbocycles. The Labute approximate surface area is 156 Å². The molecule has 3 aromatic rings. The maximum atomic E-state index is 12.3. The van der Waals surface area contributed by atoms with Gasteiger partial charge in [-0.05, 0) is 37.5 Å². The number of hydrogen-bond acceptors (Lipinski definition) is 6. The highest BCUT2D eigenvalue weighted by Crippen LogP contribution is 2.31. The number of nitrogens with zero attached hydrogens (tertiary/aromatic N) is 3. The Morgan fingerprint density at radius 3 is 2.62 bits per heavy atom. The fourth-order valence-corrected chi connectivity index (χ4v) is 5.04. The summed E-state index contributed by atoms with van der Waals surface area (Å²) in [6.07, 6.45) is 7.54. The Hall–Kier alpha value is -2.16. The molecular weight excluding hydrogens is 368 g/mol. The van der Waals surface area contributed by atoms with Crippen LogP contribution in [0.4, 0.5) is 0 Å². The van der Waals surface area contributed by atoms with Crippen molar-refractivity contribution in [3.8, 4) is 10.4 Å². The minimum absolute atomic E-state index is 0.104. The smallest absolute Gasteiger partial charge is 0.240 e. The van der Waals surface area contributed by atoms with Gasteiger partial charge in [-0.3, -0.25) is 9.97 Å². The monoisotopic (exact) mass is 386 g/mol. The average molecular weight is 387 g/mol. The topological polar surface area (TPSA) is 84.8 Å². The number of hydrogen-bond donors (Lipinski definition) is 1. The van der Waals surface area contributed by atoms with E-state index in [0.717, 1.165) is 39.7 Å². The van der Waals surface area contributed by atoms with Gasteiger partial charge in [0, 0.05) is 31.1 Å². The molecule has 4 rings (SSSR count). The Morgan fingerprint density at radius 1 is 1.19 bits per heavy atom. The molecule has 1 aromatic carbocycles. The average Bonchev–Trinajstić information content (AvgIpc) is 3.36. The zero-order valence-electron chi connectivity index (χ0n) is 14.2. The highest BCUT2D eigenvalue weighted by atomic mass is 32.2. The largest absolute Gasteiger partial charge is 0.261 e. The predicted octanol–water partition coefficient (Wildman–Crippen LogP) is 2.94. The fraction of sp³-hybridized carbons (Fsp3) is 0.278. The van der Waals surface area contributed by atoms with Gasteiger partial charge in [0.05, 0.1) is 26.2 Å². The zero-order chi connectivity index (χ0) is 18.1. The van der Waals surface area contributed by atoms with Gasteiger partial charge in [-0.1, -0.05) is 12.1 Å². The van der Waals surface area contributed by atoms with E-state index in [2.05, 4.69) is 19.7 Å². The van der Waals surface area contributed by atoms with Gasteiger partial charge in [-0.25, -0.2) is 18.1 Å². The lowest BCUT2D eigenvalue weighted by Gasteiger charge is -2.06. The van der Waals surface area contributed by atoms with Crippen LogP contribution in [-0.4, -0.2) is 29.4 Å². The van der Waals surface area contributed by atoms with Crippen LogP contribution in [0.2, 0.25) is 0 Å². The number of rotatable bonds is 6. The van der Waals surface area contributed by atoms with Crippen molar-refractivity contribution in [1.82, 2.24) is 19.7 Å². The van der Waals surface area contributed by atoms with E-state index in [0.29, 0.717) is 11.3 Å². The third-order valence-electron chi connectivity index (χ3n) is 4.12. The summed E-state index contributed by atoms with van der Waals surface area (Å²) in [6.45, 7) is 1.96. The molecule has 8 heteroatoms. The molecule has 6 nitrogen and oxygen atoms in total. The van der Waals surface area contributed by atoms with Gasteiger partial charge in [0.15, 0.2) is 0 Å². The van der Waals surface area contributed by atoms with Gasteiger partial charge in [-0.15, -0.1) is 11.3 Å². The van der Waals surface area contributed by atoms with Crippen LogP contribution in [0.5, 0.6) is 0 Å². The third kappa shape index (κ3) is 3.82. The van der Waals surface area contributed by atoms with Crippen molar-refractivity contribution >= 4 is 21.4 Å². The maximum absolute atomic E-state index is 12.3. The highest BCUT2D eigenvalue weighted by Gasteiger charge is 2.27. The predicted molar refractivity (Wildman–Crippen MR) is 100 cm³/mol. The molecule has 1 fully saturated rings. The fourth-order valence-electron chi connectivity index (χ4n) is 2.65. The van der Waals surface area contributed by atoms with Crippen LogP contribution in [0.3, 0.4) is 0 Å². The van der Waals surface area contributed by atoms with Crippen LogP contribution in [0, 0.1) is 6.92 Å². The summed E-state index contributed by atoms with van der Waals surface area (Å²) in [4.78, 5) is 14.3. The molecule has 2 aromatic heterocycles. The number of aryl methyl sites for hydroxylation is 1.